The fourth-order valence-electron chi connectivity index (χ4n) is 2.01. The predicted molar refractivity (Wildman–Crippen MR) is 77.5 cm³/mol. The summed E-state index contributed by atoms with van der Waals surface area (Å²) >= 11 is 5.37. The smallest absolute Gasteiger partial charge is 0.215 e. The van der Waals surface area contributed by atoms with E-state index < -0.39 is 0 Å². The van der Waals surface area contributed by atoms with Crippen LogP contribution in [0.5, 0.6) is 5.88 Å². The molecule has 4 nitrogen and oxygen atoms in total. The van der Waals surface area contributed by atoms with Gasteiger partial charge in [0.05, 0.1) is 12.6 Å². The van der Waals surface area contributed by atoms with E-state index in [-0.39, 0.29) is 0 Å². The summed E-state index contributed by atoms with van der Waals surface area (Å²) in [6, 6.07) is 11.9. The zero-order valence-electron chi connectivity index (χ0n) is 10.7. The van der Waals surface area contributed by atoms with Gasteiger partial charge in [0.25, 0.3) is 0 Å². The Hall–Kier alpha value is -2.14. The molecule has 1 N–H and O–H groups in total. The maximum atomic E-state index is 5.37. The molecule has 0 amide bonds. The van der Waals surface area contributed by atoms with Gasteiger partial charge in [0.2, 0.25) is 5.88 Å². The van der Waals surface area contributed by atoms with E-state index in [1.807, 2.05) is 28.8 Å². The van der Waals surface area contributed by atoms with Gasteiger partial charge in [0.15, 0.2) is 10.4 Å². The predicted octanol–water partition coefficient (Wildman–Crippen LogP) is 3.40. The summed E-state index contributed by atoms with van der Waals surface area (Å²) in [7, 11) is 1.60. The molecular formula is C14H13N3OS. The SMILES string of the molecule is COc1ccc2[nH]c(=S)n(-c3ccc(C)cc3)c2n1. The summed E-state index contributed by atoms with van der Waals surface area (Å²) in [5.74, 6) is 0.572. The molecule has 0 radical (unpaired) electrons. The van der Waals surface area contributed by atoms with Crippen molar-refractivity contribution in [1.82, 2.24) is 14.5 Å². The monoisotopic (exact) mass is 271 g/mol. The van der Waals surface area contributed by atoms with Gasteiger partial charge in [-0.15, -0.1) is 0 Å². The van der Waals surface area contributed by atoms with Crippen LogP contribution in [-0.4, -0.2) is 21.6 Å². The molecule has 0 aliphatic heterocycles. The van der Waals surface area contributed by atoms with Gasteiger partial charge in [0.1, 0.15) is 0 Å². The maximum Gasteiger partial charge on any atom is 0.215 e. The molecule has 0 atom stereocenters. The third-order valence-corrected chi connectivity index (χ3v) is 3.29. The van der Waals surface area contributed by atoms with Crippen LogP contribution in [0.15, 0.2) is 36.4 Å². The molecule has 2 aromatic heterocycles. The lowest BCUT2D eigenvalue weighted by molar-refractivity contribution is 0.399. The number of imidazole rings is 1. The average molecular weight is 271 g/mol. The first-order valence-corrected chi connectivity index (χ1v) is 6.32. The normalized spacial score (nSPS) is 10.8. The molecule has 0 saturated carbocycles. The molecule has 2 heterocycles. The summed E-state index contributed by atoms with van der Waals surface area (Å²) in [5.41, 5.74) is 3.86. The van der Waals surface area contributed by atoms with Crippen LogP contribution in [0, 0.1) is 11.7 Å². The second kappa shape index (κ2) is 4.51. The van der Waals surface area contributed by atoms with Gasteiger partial charge in [-0.05, 0) is 37.3 Å². The van der Waals surface area contributed by atoms with E-state index >= 15 is 0 Å². The van der Waals surface area contributed by atoms with Gasteiger partial charge in [-0.1, -0.05) is 17.7 Å². The van der Waals surface area contributed by atoms with E-state index in [0.717, 1.165) is 16.9 Å². The fourth-order valence-corrected chi connectivity index (χ4v) is 2.32. The molecule has 96 valence electrons. The lowest BCUT2D eigenvalue weighted by atomic mass is 10.2. The van der Waals surface area contributed by atoms with Gasteiger partial charge in [-0.25, -0.2) is 0 Å². The highest BCUT2D eigenvalue weighted by atomic mass is 32.1. The Bertz CT molecular complexity index is 787. The number of aryl methyl sites for hydroxylation is 1. The van der Waals surface area contributed by atoms with Crippen molar-refractivity contribution in [1.29, 1.82) is 0 Å². The number of nitrogens with zero attached hydrogens (tertiary/aromatic N) is 2. The average Bonchev–Trinajstić information content (AvgIpc) is 2.75. The Morgan fingerprint density at radius 3 is 2.58 bits per heavy atom. The summed E-state index contributed by atoms with van der Waals surface area (Å²) < 4.78 is 7.70. The largest absolute Gasteiger partial charge is 0.481 e. The number of aromatic amines is 1. The number of fused-ring (bicyclic) bond motifs is 1. The van der Waals surface area contributed by atoms with Gasteiger partial charge in [0, 0.05) is 11.8 Å². The maximum absolute atomic E-state index is 5.37. The minimum absolute atomic E-state index is 0.572. The molecule has 0 bridgehead atoms. The summed E-state index contributed by atoms with van der Waals surface area (Å²) in [5, 5.41) is 0. The van der Waals surface area contributed by atoms with E-state index in [1.54, 1.807) is 7.11 Å². The number of rotatable bonds is 2. The standard InChI is InChI=1S/C14H13N3OS/c1-9-3-5-10(6-4-9)17-13-11(15-14(17)19)7-8-12(16-13)18-2/h3-8H,1-2H3,(H,15,19). The molecule has 0 aliphatic carbocycles. The first kappa shape index (κ1) is 11.9. The van der Waals surface area contributed by atoms with Crippen molar-refractivity contribution >= 4 is 23.4 Å². The lowest BCUT2D eigenvalue weighted by Crippen LogP contribution is -1.96. The van der Waals surface area contributed by atoms with Crippen molar-refractivity contribution in [2.45, 2.75) is 6.92 Å². The van der Waals surface area contributed by atoms with Crippen LogP contribution >= 0.6 is 12.2 Å². The molecule has 19 heavy (non-hydrogen) atoms. The number of aromatic nitrogens is 3. The highest BCUT2D eigenvalue weighted by Gasteiger charge is 2.08. The number of benzene rings is 1. The molecule has 0 unspecified atom stereocenters. The summed E-state index contributed by atoms with van der Waals surface area (Å²) in [4.78, 5) is 7.61. The van der Waals surface area contributed by atoms with E-state index in [1.165, 1.54) is 5.56 Å². The molecule has 0 aliphatic rings. The van der Waals surface area contributed by atoms with E-state index in [2.05, 4.69) is 29.0 Å². The third-order valence-electron chi connectivity index (χ3n) is 3.01. The van der Waals surface area contributed by atoms with Crippen molar-refractivity contribution in [3.8, 4) is 11.6 Å². The van der Waals surface area contributed by atoms with Crippen molar-refractivity contribution < 1.29 is 4.74 Å². The lowest BCUT2D eigenvalue weighted by Gasteiger charge is -2.05. The fraction of sp³-hybridized carbons (Fsp3) is 0.143. The Morgan fingerprint density at radius 1 is 1.16 bits per heavy atom. The first-order chi connectivity index (χ1) is 9.19. The van der Waals surface area contributed by atoms with Crippen LogP contribution in [0.4, 0.5) is 0 Å². The second-order valence-electron chi connectivity index (χ2n) is 4.33. The van der Waals surface area contributed by atoms with Gasteiger partial charge >= 0.3 is 0 Å². The highest BCUT2D eigenvalue weighted by molar-refractivity contribution is 7.71. The molecule has 3 aromatic rings. The van der Waals surface area contributed by atoms with E-state index in [4.69, 9.17) is 17.0 Å². The summed E-state index contributed by atoms with van der Waals surface area (Å²) in [6.45, 7) is 2.06. The van der Waals surface area contributed by atoms with Crippen molar-refractivity contribution in [3.05, 3.63) is 46.7 Å². The Kier molecular flexibility index (Phi) is 2.83. The molecule has 0 fully saturated rings. The van der Waals surface area contributed by atoms with Gasteiger partial charge in [-0.3, -0.25) is 4.57 Å². The van der Waals surface area contributed by atoms with Crippen LogP contribution in [0.1, 0.15) is 5.56 Å². The number of hydrogen-bond donors (Lipinski definition) is 1. The van der Waals surface area contributed by atoms with Gasteiger partial charge < -0.3 is 9.72 Å². The van der Waals surface area contributed by atoms with Crippen molar-refractivity contribution in [3.63, 3.8) is 0 Å². The van der Waals surface area contributed by atoms with Crippen molar-refractivity contribution in [2.75, 3.05) is 7.11 Å². The molecular weight excluding hydrogens is 258 g/mol. The number of hydrogen-bond acceptors (Lipinski definition) is 3. The van der Waals surface area contributed by atoms with E-state index in [0.29, 0.717) is 10.7 Å². The molecule has 3 rings (SSSR count). The number of ether oxygens (including phenoxy) is 1. The Labute approximate surface area is 115 Å². The van der Waals surface area contributed by atoms with Crippen LogP contribution in [0.3, 0.4) is 0 Å². The molecule has 1 aromatic carbocycles. The Morgan fingerprint density at radius 2 is 1.89 bits per heavy atom. The number of H-pyrrole nitrogens is 1. The highest BCUT2D eigenvalue weighted by Crippen LogP contribution is 2.20. The van der Waals surface area contributed by atoms with Gasteiger partial charge in [-0.2, -0.15) is 4.98 Å². The van der Waals surface area contributed by atoms with E-state index in [9.17, 15) is 0 Å². The quantitative estimate of drug-likeness (QED) is 0.726. The molecule has 0 spiro atoms. The van der Waals surface area contributed by atoms with Crippen LogP contribution in [0.25, 0.3) is 16.9 Å². The minimum Gasteiger partial charge on any atom is -0.481 e. The summed E-state index contributed by atoms with van der Waals surface area (Å²) in [6.07, 6.45) is 0. The topological polar surface area (TPSA) is 42.8 Å². The van der Waals surface area contributed by atoms with Crippen molar-refractivity contribution in [2.24, 2.45) is 0 Å². The van der Waals surface area contributed by atoms with Crippen LogP contribution in [0.2, 0.25) is 0 Å². The zero-order chi connectivity index (χ0) is 13.4. The van der Waals surface area contributed by atoms with Crippen LogP contribution < -0.4 is 4.74 Å². The first-order valence-electron chi connectivity index (χ1n) is 5.92. The van der Waals surface area contributed by atoms with Crippen LogP contribution in [-0.2, 0) is 0 Å². The number of pyridine rings is 1. The molecule has 5 heteroatoms. The Balaban J connectivity index is 2.30. The molecule has 0 saturated heterocycles. The zero-order valence-corrected chi connectivity index (χ0v) is 11.5. The third kappa shape index (κ3) is 2.02. The second-order valence-corrected chi connectivity index (χ2v) is 4.71. The number of methoxy groups -OCH3 is 1. The number of nitrogens with one attached hydrogen (secondary N) is 1. The minimum atomic E-state index is 0.572.